The molecule has 1 aliphatic heterocycles. The van der Waals surface area contributed by atoms with Crippen molar-refractivity contribution in [3.05, 3.63) is 41.0 Å². The predicted molar refractivity (Wildman–Crippen MR) is 93.2 cm³/mol. The van der Waals surface area contributed by atoms with Crippen LogP contribution in [0.4, 0.5) is 5.69 Å². The molecule has 1 N–H and O–H groups in total. The number of hydrogen-bond acceptors (Lipinski definition) is 3. The van der Waals surface area contributed by atoms with E-state index in [-0.39, 0.29) is 0 Å². The highest BCUT2D eigenvalue weighted by Gasteiger charge is 2.19. The van der Waals surface area contributed by atoms with Crippen LogP contribution in [0, 0.1) is 0 Å². The first-order chi connectivity index (χ1) is 11.1. The van der Waals surface area contributed by atoms with Crippen molar-refractivity contribution < 1.29 is 9.90 Å². The fraction of sp³-hybridized carbons (Fsp3) is 0.526. The zero-order valence-electron chi connectivity index (χ0n) is 13.9. The molecule has 1 saturated heterocycles. The molecule has 0 radical (unpaired) electrons. The fourth-order valence-corrected chi connectivity index (χ4v) is 3.58. The maximum Gasteiger partial charge on any atom is 0.335 e. The van der Waals surface area contributed by atoms with Crippen LogP contribution in [0.5, 0.6) is 0 Å². The van der Waals surface area contributed by atoms with Gasteiger partial charge in [-0.15, -0.1) is 0 Å². The zero-order chi connectivity index (χ0) is 16.2. The Labute approximate surface area is 138 Å². The molecule has 2 aliphatic rings. The summed E-state index contributed by atoms with van der Waals surface area (Å²) >= 11 is 0. The van der Waals surface area contributed by atoms with Crippen molar-refractivity contribution in [1.29, 1.82) is 0 Å². The van der Waals surface area contributed by atoms with Crippen molar-refractivity contribution >= 4 is 11.7 Å². The molecule has 1 aliphatic carbocycles. The lowest BCUT2D eigenvalue weighted by Gasteiger charge is -2.37. The Morgan fingerprint density at radius 3 is 2.30 bits per heavy atom. The number of nitrogens with zero attached hydrogens (tertiary/aromatic N) is 2. The Bertz CT molecular complexity index is 584. The van der Waals surface area contributed by atoms with Crippen LogP contribution in [-0.2, 0) is 0 Å². The zero-order valence-corrected chi connectivity index (χ0v) is 13.9. The Morgan fingerprint density at radius 2 is 1.70 bits per heavy atom. The topological polar surface area (TPSA) is 43.8 Å². The highest BCUT2D eigenvalue weighted by Crippen LogP contribution is 2.25. The Balaban J connectivity index is 1.55. The van der Waals surface area contributed by atoms with E-state index in [0.717, 1.165) is 38.4 Å². The Morgan fingerprint density at radius 1 is 1.04 bits per heavy atom. The molecular weight excluding hydrogens is 288 g/mol. The number of benzene rings is 1. The summed E-state index contributed by atoms with van der Waals surface area (Å²) in [4.78, 5) is 15.8. The third kappa shape index (κ3) is 3.94. The third-order valence-electron chi connectivity index (χ3n) is 5.15. The molecule has 124 valence electrons. The number of allylic oxidation sites excluding steroid dienone is 1. The number of carboxylic acid groups (broad SMARTS) is 1. The van der Waals surface area contributed by atoms with Gasteiger partial charge < -0.3 is 10.0 Å². The number of hydrogen-bond donors (Lipinski definition) is 1. The lowest BCUT2D eigenvalue weighted by atomic mass is 9.92. The number of aromatic carboxylic acids is 1. The minimum atomic E-state index is -0.863. The van der Waals surface area contributed by atoms with Crippen LogP contribution < -0.4 is 4.90 Å². The van der Waals surface area contributed by atoms with Gasteiger partial charge >= 0.3 is 5.97 Å². The molecule has 0 amide bonds. The van der Waals surface area contributed by atoms with Gasteiger partial charge in [-0.1, -0.05) is 11.1 Å². The van der Waals surface area contributed by atoms with Gasteiger partial charge in [0, 0.05) is 38.4 Å². The average Bonchev–Trinajstić information content (AvgIpc) is 2.58. The van der Waals surface area contributed by atoms with Gasteiger partial charge in [0.25, 0.3) is 0 Å². The smallest absolute Gasteiger partial charge is 0.335 e. The second kappa shape index (κ2) is 7.18. The number of piperazine rings is 1. The molecule has 0 bridgehead atoms. The van der Waals surface area contributed by atoms with Crippen LogP contribution >= 0.6 is 0 Å². The van der Waals surface area contributed by atoms with Crippen LogP contribution in [0.3, 0.4) is 0 Å². The quantitative estimate of drug-likeness (QED) is 0.865. The standard InChI is InChI=1S/C19H26N2O2/c1-15-4-2-3-5-17(15)14-20-10-12-21(13-11-20)18-8-6-16(7-9-18)19(22)23/h6-9H,2-5,10-14H2,1H3,(H,22,23). The summed E-state index contributed by atoms with van der Waals surface area (Å²) < 4.78 is 0. The lowest BCUT2D eigenvalue weighted by Crippen LogP contribution is -2.47. The number of carbonyl (C=O) groups is 1. The summed E-state index contributed by atoms with van der Waals surface area (Å²) in [7, 11) is 0. The van der Waals surface area contributed by atoms with Crippen LogP contribution in [0.25, 0.3) is 0 Å². The second-order valence-electron chi connectivity index (χ2n) is 6.71. The van der Waals surface area contributed by atoms with E-state index in [2.05, 4.69) is 16.7 Å². The molecule has 1 heterocycles. The van der Waals surface area contributed by atoms with Gasteiger partial charge in [-0.05, 0) is 56.9 Å². The summed E-state index contributed by atoms with van der Waals surface area (Å²) in [5, 5.41) is 8.97. The molecule has 0 unspecified atom stereocenters. The largest absolute Gasteiger partial charge is 0.478 e. The van der Waals surface area contributed by atoms with Gasteiger partial charge in [-0.3, -0.25) is 4.90 Å². The first kappa shape index (κ1) is 16.1. The van der Waals surface area contributed by atoms with E-state index >= 15 is 0 Å². The Hall–Kier alpha value is -1.81. The van der Waals surface area contributed by atoms with Gasteiger partial charge in [0.15, 0.2) is 0 Å². The van der Waals surface area contributed by atoms with Crippen LogP contribution in [0.1, 0.15) is 43.0 Å². The first-order valence-electron chi connectivity index (χ1n) is 8.61. The average molecular weight is 314 g/mol. The van der Waals surface area contributed by atoms with Crippen molar-refractivity contribution in [1.82, 2.24) is 4.90 Å². The third-order valence-corrected chi connectivity index (χ3v) is 5.15. The maximum atomic E-state index is 10.9. The highest BCUT2D eigenvalue weighted by atomic mass is 16.4. The van der Waals surface area contributed by atoms with Crippen molar-refractivity contribution in [2.45, 2.75) is 32.6 Å². The first-order valence-corrected chi connectivity index (χ1v) is 8.61. The molecule has 1 fully saturated rings. The van der Waals surface area contributed by atoms with E-state index in [1.54, 1.807) is 23.3 Å². The maximum absolute atomic E-state index is 10.9. The molecule has 0 atom stereocenters. The van der Waals surface area contributed by atoms with Crippen molar-refractivity contribution in [3.63, 3.8) is 0 Å². The number of rotatable bonds is 4. The summed E-state index contributed by atoms with van der Waals surface area (Å²) in [6.07, 6.45) is 5.27. The number of carboxylic acids is 1. The molecular formula is C19H26N2O2. The number of anilines is 1. The Kier molecular flexibility index (Phi) is 5.01. The monoisotopic (exact) mass is 314 g/mol. The van der Waals surface area contributed by atoms with Crippen LogP contribution in [-0.4, -0.2) is 48.7 Å². The minimum absolute atomic E-state index is 0.354. The normalized spacial score (nSPS) is 20.0. The molecule has 4 nitrogen and oxygen atoms in total. The van der Waals surface area contributed by atoms with Crippen molar-refractivity contribution in [2.24, 2.45) is 0 Å². The fourth-order valence-electron chi connectivity index (χ4n) is 3.58. The van der Waals surface area contributed by atoms with Gasteiger partial charge in [-0.25, -0.2) is 4.79 Å². The molecule has 0 saturated carbocycles. The predicted octanol–water partition coefficient (Wildman–Crippen LogP) is 3.40. The highest BCUT2D eigenvalue weighted by molar-refractivity contribution is 5.88. The minimum Gasteiger partial charge on any atom is -0.478 e. The van der Waals surface area contributed by atoms with Gasteiger partial charge in [0.2, 0.25) is 0 Å². The molecule has 3 rings (SSSR count). The van der Waals surface area contributed by atoms with Gasteiger partial charge in [0.05, 0.1) is 5.56 Å². The van der Waals surface area contributed by atoms with E-state index in [1.165, 1.54) is 25.7 Å². The summed E-state index contributed by atoms with van der Waals surface area (Å²) in [5.41, 5.74) is 4.76. The second-order valence-corrected chi connectivity index (χ2v) is 6.71. The summed E-state index contributed by atoms with van der Waals surface area (Å²) in [6.45, 7) is 7.62. The molecule has 1 aromatic rings. The van der Waals surface area contributed by atoms with Gasteiger partial charge in [0.1, 0.15) is 0 Å². The molecule has 1 aromatic carbocycles. The van der Waals surface area contributed by atoms with Crippen LogP contribution in [0.15, 0.2) is 35.4 Å². The van der Waals surface area contributed by atoms with E-state index in [9.17, 15) is 4.79 Å². The van der Waals surface area contributed by atoms with E-state index in [1.807, 2.05) is 12.1 Å². The molecule has 23 heavy (non-hydrogen) atoms. The summed E-state index contributed by atoms with van der Waals surface area (Å²) in [5.74, 6) is -0.863. The summed E-state index contributed by atoms with van der Waals surface area (Å²) in [6, 6.07) is 7.24. The van der Waals surface area contributed by atoms with Crippen molar-refractivity contribution in [3.8, 4) is 0 Å². The van der Waals surface area contributed by atoms with Crippen LogP contribution in [0.2, 0.25) is 0 Å². The van der Waals surface area contributed by atoms with Crippen molar-refractivity contribution in [2.75, 3.05) is 37.6 Å². The van der Waals surface area contributed by atoms with E-state index < -0.39 is 5.97 Å². The van der Waals surface area contributed by atoms with Gasteiger partial charge in [-0.2, -0.15) is 0 Å². The molecule has 0 spiro atoms. The van der Waals surface area contributed by atoms with E-state index in [4.69, 9.17) is 5.11 Å². The lowest BCUT2D eigenvalue weighted by molar-refractivity contribution is 0.0697. The molecule has 0 aromatic heterocycles. The SMILES string of the molecule is CC1=C(CN2CCN(c3ccc(C(=O)O)cc3)CC2)CCCC1. The van der Waals surface area contributed by atoms with E-state index in [0.29, 0.717) is 5.56 Å². The molecule has 4 heteroatoms.